The Hall–Kier alpha value is -1.55. The van der Waals surface area contributed by atoms with Crippen molar-refractivity contribution in [3.05, 3.63) is 24.3 Å². The Morgan fingerprint density at radius 2 is 2.10 bits per heavy atom. The van der Waals surface area contributed by atoms with Gasteiger partial charge in [0.1, 0.15) is 12.4 Å². The molecule has 110 valence electrons. The molecule has 0 saturated heterocycles. The van der Waals surface area contributed by atoms with Gasteiger partial charge in [-0.15, -0.1) is 0 Å². The summed E-state index contributed by atoms with van der Waals surface area (Å²) in [6, 6.07) is 7.26. The molecule has 0 radical (unpaired) electrons. The molecule has 2 N–H and O–H groups in total. The van der Waals surface area contributed by atoms with Crippen LogP contribution < -0.4 is 10.1 Å². The van der Waals surface area contributed by atoms with Gasteiger partial charge >= 0.3 is 0 Å². The molecule has 2 unspecified atom stereocenters. The third-order valence-electron chi connectivity index (χ3n) is 3.79. The molecular weight excluding hydrogens is 254 g/mol. The Balaban J connectivity index is 1.87. The number of amides is 1. The number of carbonyl (C=O) groups excluding carboxylic acids is 1. The lowest BCUT2D eigenvalue weighted by Gasteiger charge is -2.25. The number of hydrogen-bond acceptors (Lipinski definition) is 3. The predicted octanol–water partition coefficient (Wildman–Crippen LogP) is 2.82. The summed E-state index contributed by atoms with van der Waals surface area (Å²) in [6.07, 6.45) is 4.37. The zero-order valence-corrected chi connectivity index (χ0v) is 12.0. The van der Waals surface area contributed by atoms with Gasteiger partial charge in [-0.05, 0) is 43.0 Å². The summed E-state index contributed by atoms with van der Waals surface area (Å²) in [6.45, 7) is 2.50. The van der Waals surface area contributed by atoms with Gasteiger partial charge in [-0.2, -0.15) is 0 Å². The topological polar surface area (TPSA) is 58.6 Å². The second kappa shape index (κ2) is 7.29. The Labute approximate surface area is 120 Å². The highest BCUT2D eigenvalue weighted by molar-refractivity contribution is 5.92. The van der Waals surface area contributed by atoms with Crippen LogP contribution >= 0.6 is 0 Å². The minimum Gasteiger partial charge on any atom is -0.491 e. The first-order valence-corrected chi connectivity index (χ1v) is 7.33. The van der Waals surface area contributed by atoms with Crippen LogP contribution in [0.3, 0.4) is 0 Å². The van der Waals surface area contributed by atoms with Crippen molar-refractivity contribution in [2.45, 2.75) is 32.6 Å². The molecule has 0 heterocycles. The fourth-order valence-electron chi connectivity index (χ4n) is 2.71. The molecule has 1 fully saturated rings. The third kappa shape index (κ3) is 4.23. The molecule has 4 heteroatoms. The number of carbonyl (C=O) groups is 1. The third-order valence-corrected chi connectivity index (χ3v) is 3.79. The number of rotatable bonds is 5. The molecule has 1 aliphatic rings. The Morgan fingerprint density at radius 1 is 1.35 bits per heavy atom. The van der Waals surface area contributed by atoms with Crippen molar-refractivity contribution >= 4 is 11.6 Å². The number of benzene rings is 1. The molecule has 0 aromatic heterocycles. The average Bonchev–Trinajstić information content (AvgIpc) is 2.46. The highest BCUT2D eigenvalue weighted by Gasteiger charge is 2.24. The first kappa shape index (κ1) is 14.9. The lowest BCUT2D eigenvalue weighted by atomic mass is 9.82. The van der Waals surface area contributed by atoms with E-state index in [1.165, 1.54) is 6.42 Å². The van der Waals surface area contributed by atoms with Gasteiger partial charge in [0.05, 0.1) is 6.61 Å². The van der Waals surface area contributed by atoms with Gasteiger partial charge in [-0.3, -0.25) is 4.79 Å². The van der Waals surface area contributed by atoms with Gasteiger partial charge in [-0.1, -0.05) is 19.8 Å². The minimum absolute atomic E-state index is 0.00164. The lowest BCUT2D eigenvalue weighted by Crippen LogP contribution is -2.27. The van der Waals surface area contributed by atoms with Gasteiger partial charge < -0.3 is 15.2 Å². The fourth-order valence-corrected chi connectivity index (χ4v) is 2.71. The number of hydrogen-bond donors (Lipinski definition) is 2. The quantitative estimate of drug-likeness (QED) is 0.870. The molecule has 0 spiro atoms. The summed E-state index contributed by atoms with van der Waals surface area (Å²) in [5.41, 5.74) is 0.796. The zero-order chi connectivity index (χ0) is 14.4. The van der Waals surface area contributed by atoms with E-state index in [0.29, 0.717) is 11.7 Å². The summed E-state index contributed by atoms with van der Waals surface area (Å²) in [4.78, 5) is 12.2. The van der Waals surface area contributed by atoms with Crippen molar-refractivity contribution in [2.24, 2.45) is 11.8 Å². The molecule has 0 bridgehead atoms. The second-order valence-corrected chi connectivity index (χ2v) is 5.55. The molecule has 1 aliphatic carbocycles. The minimum atomic E-state index is -0.00164. The smallest absolute Gasteiger partial charge is 0.227 e. The van der Waals surface area contributed by atoms with Gasteiger partial charge in [0.25, 0.3) is 0 Å². The summed E-state index contributed by atoms with van der Waals surface area (Å²) < 4.78 is 5.28. The van der Waals surface area contributed by atoms with Crippen LogP contribution in [-0.2, 0) is 4.79 Å². The number of ether oxygens (including phenoxy) is 1. The van der Waals surface area contributed by atoms with Crippen LogP contribution in [-0.4, -0.2) is 24.2 Å². The number of anilines is 1. The summed E-state index contributed by atoms with van der Waals surface area (Å²) >= 11 is 0. The molecular formula is C16H23NO3. The highest BCUT2D eigenvalue weighted by atomic mass is 16.5. The van der Waals surface area contributed by atoms with Crippen molar-refractivity contribution < 1.29 is 14.6 Å². The SMILES string of the molecule is CC1CCCC(C(=O)Nc2ccc(OCCO)cc2)C1. The molecule has 0 aliphatic heterocycles. The Morgan fingerprint density at radius 3 is 2.75 bits per heavy atom. The van der Waals surface area contributed by atoms with E-state index in [0.717, 1.165) is 24.9 Å². The van der Waals surface area contributed by atoms with Crippen molar-refractivity contribution in [2.75, 3.05) is 18.5 Å². The standard InChI is InChI=1S/C16H23NO3/c1-12-3-2-4-13(11-12)16(19)17-14-5-7-15(8-6-14)20-10-9-18/h5-8,12-13,18H,2-4,9-11H2,1H3,(H,17,19). The van der Waals surface area contributed by atoms with E-state index in [2.05, 4.69) is 12.2 Å². The summed E-state index contributed by atoms with van der Waals surface area (Å²) in [5, 5.41) is 11.7. The normalized spacial score (nSPS) is 22.3. The van der Waals surface area contributed by atoms with Crippen LogP contribution in [0.5, 0.6) is 5.75 Å². The molecule has 1 aromatic carbocycles. The van der Waals surface area contributed by atoms with Crippen LogP contribution in [0.1, 0.15) is 32.6 Å². The molecule has 1 amide bonds. The first-order valence-electron chi connectivity index (χ1n) is 7.33. The van der Waals surface area contributed by atoms with Crippen molar-refractivity contribution in [1.82, 2.24) is 0 Å². The highest BCUT2D eigenvalue weighted by Crippen LogP contribution is 2.29. The maximum absolute atomic E-state index is 12.2. The van der Waals surface area contributed by atoms with Gasteiger partial charge in [0.2, 0.25) is 5.91 Å². The van der Waals surface area contributed by atoms with Gasteiger partial charge in [0, 0.05) is 11.6 Å². The average molecular weight is 277 g/mol. The largest absolute Gasteiger partial charge is 0.491 e. The van der Waals surface area contributed by atoms with E-state index in [1.54, 1.807) is 12.1 Å². The summed E-state index contributed by atoms with van der Waals surface area (Å²) in [5.74, 6) is 1.61. The van der Waals surface area contributed by atoms with Crippen molar-refractivity contribution in [3.63, 3.8) is 0 Å². The van der Waals surface area contributed by atoms with E-state index in [1.807, 2.05) is 12.1 Å². The van der Waals surface area contributed by atoms with Gasteiger partial charge in [-0.25, -0.2) is 0 Å². The second-order valence-electron chi connectivity index (χ2n) is 5.55. The molecule has 4 nitrogen and oxygen atoms in total. The van der Waals surface area contributed by atoms with Crippen molar-refractivity contribution in [3.8, 4) is 5.75 Å². The Bertz CT molecular complexity index is 430. The number of aliphatic hydroxyl groups excluding tert-OH is 1. The first-order chi connectivity index (χ1) is 9.69. The fraction of sp³-hybridized carbons (Fsp3) is 0.562. The maximum Gasteiger partial charge on any atom is 0.227 e. The lowest BCUT2D eigenvalue weighted by molar-refractivity contribution is -0.121. The van der Waals surface area contributed by atoms with Crippen molar-refractivity contribution in [1.29, 1.82) is 0 Å². The Kier molecular flexibility index (Phi) is 5.41. The van der Waals surface area contributed by atoms with E-state index in [4.69, 9.17) is 9.84 Å². The van der Waals surface area contributed by atoms with Crippen LogP contribution in [0.4, 0.5) is 5.69 Å². The maximum atomic E-state index is 12.2. The molecule has 20 heavy (non-hydrogen) atoms. The molecule has 1 saturated carbocycles. The van der Waals surface area contributed by atoms with E-state index >= 15 is 0 Å². The monoisotopic (exact) mass is 277 g/mol. The van der Waals surface area contributed by atoms with Crippen LogP contribution in [0, 0.1) is 11.8 Å². The van der Waals surface area contributed by atoms with E-state index < -0.39 is 0 Å². The van der Waals surface area contributed by atoms with E-state index in [9.17, 15) is 4.79 Å². The predicted molar refractivity (Wildman–Crippen MR) is 78.8 cm³/mol. The zero-order valence-electron chi connectivity index (χ0n) is 12.0. The molecule has 2 rings (SSSR count). The molecule has 1 aromatic rings. The number of aliphatic hydroxyl groups is 1. The van der Waals surface area contributed by atoms with E-state index in [-0.39, 0.29) is 25.0 Å². The van der Waals surface area contributed by atoms with Crippen LogP contribution in [0.2, 0.25) is 0 Å². The van der Waals surface area contributed by atoms with Gasteiger partial charge in [0.15, 0.2) is 0 Å². The van der Waals surface area contributed by atoms with Crippen LogP contribution in [0.25, 0.3) is 0 Å². The van der Waals surface area contributed by atoms with Crippen LogP contribution in [0.15, 0.2) is 24.3 Å². The number of nitrogens with one attached hydrogen (secondary N) is 1. The summed E-state index contributed by atoms with van der Waals surface area (Å²) in [7, 11) is 0. The molecule has 2 atom stereocenters.